The number of nitrogens with one attached hydrogen (secondary N) is 1. The Morgan fingerprint density at radius 1 is 0.889 bits per heavy atom. The van der Waals surface area contributed by atoms with Crippen LogP contribution in [0.15, 0.2) is 54.9 Å². The van der Waals surface area contributed by atoms with Crippen LogP contribution in [-0.4, -0.2) is 36.1 Å². The molecule has 3 aromatic rings. The Hall–Kier alpha value is -2.46. The first-order chi connectivity index (χ1) is 13.3. The molecule has 0 aliphatic carbocycles. The Balaban J connectivity index is 1.37. The molecule has 0 radical (unpaired) electrons. The second-order valence-corrected chi connectivity index (χ2v) is 8.14. The molecule has 4 nitrogen and oxygen atoms in total. The average molecular weight is 358 g/mol. The lowest BCUT2D eigenvalue weighted by Crippen LogP contribution is -2.60. The summed E-state index contributed by atoms with van der Waals surface area (Å²) in [6.45, 7) is 4.58. The van der Waals surface area contributed by atoms with Crippen LogP contribution in [0.3, 0.4) is 0 Å². The average Bonchev–Trinajstić information content (AvgIpc) is 2.71. The molecule has 1 aromatic heterocycles. The number of fused-ring (bicyclic) bond motifs is 1. The fraction of sp³-hybridized carbons (Fsp3) is 0.391. The van der Waals surface area contributed by atoms with Crippen molar-refractivity contribution in [2.75, 3.05) is 31.1 Å². The van der Waals surface area contributed by atoms with E-state index in [1.807, 2.05) is 0 Å². The third-order valence-electron chi connectivity index (χ3n) is 6.24. The maximum atomic E-state index is 4.67. The molecule has 1 spiro atoms. The summed E-state index contributed by atoms with van der Waals surface area (Å²) in [4.78, 5) is 11.6. The van der Waals surface area contributed by atoms with Crippen molar-refractivity contribution in [3.05, 3.63) is 66.0 Å². The van der Waals surface area contributed by atoms with E-state index in [-0.39, 0.29) is 0 Å². The Morgan fingerprint density at radius 3 is 2.48 bits per heavy atom. The number of aryl methyl sites for hydroxylation is 2. The molecule has 0 atom stereocenters. The van der Waals surface area contributed by atoms with Crippen molar-refractivity contribution >= 4 is 16.7 Å². The van der Waals surface area contributed by atoms with E-state index >= 15 is 0 Å². The minimum absolute atomic E-state index is 0.507. The van der Waals surface area contributed by atoms with E-state index in [1.165, 1.54) is 29.4 Å². The quantitative estimate of drug-likeness (QED) is 0.774. The van der Waals surface area contributed by atoms with E-state index in [0.29, 0.717) is 5.41 Å². The smallest absolute Gasteiger partial charge is 0.139 e. The van der Waals surface area contributed by atoms with Crippen molar-refractivity contribution in [1.82, 2.24) is 15.3 Å². The van der Waals surface area contributed by atoms with Gasteiger partial charge in [0.25, 0.3) is 0 Å². The lowest BCUT2D eigenvalue weighted by atomic mass is 9.72. The SMILES string of the molecule is c1ccc(CCc2ccc3ncnc(N4CC5(CCNCC5)C4)c3c2)cc1. The third-order valence-corrected chi connectivity index (χ3v) is 6.24. The zero-order valence-corrected chi connectivity index (χ0v) is 15.7. The molecular formula is C23H26N4. The van der Waals surface area contributed by atoms with Gasteiger partial charge in [-0.15, -0.1) is 0 Å². The predicted octanol–water partition coefficient (Wildman–Crippen LogP) is 3.60. The van der Waals surface area contributed by atoms with Crippen molar-refractivity contribution in [3.8, 4) is 0 Å². The molecule has 0 saturated carbocycles. The van der Waals surface area contributed by atoms with E-state index in [2.05, 4.69) is 68.7 Å². The van der Waals surface area contributed by atoms with Gasteiger partial charge in [-0.3, -0.25) is 0 Å². The van der Waals surface area contributed by atoms with Gasteiger partial charge in [0.15, 0.2) is 0 Å². The standard InChI is InChI=1S/C23H26N4/c1-2-4-18(5-3-1)6-7-19-8-9-21-20(14-19)22(26-17-25-21)27-15-23(16-27)10-12-24-13-11-23/h1-5,8-9,14,17,24H,6-7,10-13,15-16H2. The van der Waals surface area contributed by atoms with Crippen molar-refractivity contribution in [2.24, 2.45) is 5.41 Å². The van der Waals surface area contributed by atoms with Crippen LogP contribution in [0, 0.1) is 5.41 Å². The lowest BCUT2D eigenvalue weighted by Gasteiger charge is -2.53. The minimum atomic E-state index is 0.507. The summed E-state index contributed by atoms with van der Waals surface area (Å²) in [6.07, 6.45) is 6.40. The van der Waals surface area contributed by atoms with Crippen LogP contribution in [0.25, 0.3) is 10.9 Å². The first-order valence-electron chi connectivity index (χ1n) is 10.0. The molecular weight excluding hydrogens is 332 g/mol. The monoisotopic (exact) mass is 358 g/mol. The van der Waals surface area contributed by atoms with E-state index in [4.69, 9.17) is 0 Å². The summed E-state index contributed by atoms with van der Waals surface area (Å²) in [5.41, 5.74) is 4.31. The molecule has 2 aromatic carbocycles. The van der Waals surface area contributed by atoms with Crippen molar-refractivity contribution < 1.29 is 0 Å². The molecule has 3 heterocycles. The Kier molecular flexibility index (Phi) is 4.29. The number of benzene rings is 2. The first-order valence-corrected chi connectivity index (χ1v) is 10.0. The number of anilines is 1. The topological polar surface area (TPSA) is 41.1 Å². The number of rotatable bonds is 4. The van der Waals surface area contributed by atoms with Gasteiger partial charge in [0.2, 0.25) is 0 Å². The Labute approximate surface area is 160 Å². The fourth-order valence-electron chi connectivity index (χ4n) is 4.62. The maximum absolute atomic E-state index is 4.67. The van der Waals surface area contributed by atoms with E-state index in [0.717, 1.165) is 50.4 Å². The van der Waals surface area contributed by atoms with Crippen LogP contribution in [0.5, 0.6) is 0 Å². The molecule has 0 amide bonds. The second-order valence-electron chi connectivity index (χ2n) is 8.14. The van der Waals surface area contributed by atoms with Gasteiger partial charge in [-0.2, -0.15) is 0 Å². The molecule has 0 unspecified atom stereocenters. The van der Waals surface area contributed by atoms with Crippen LogP contribution >= 0.6 is 0 Å². The molecule has 0 bridgehead atoms. The highest BCUT2D eigenvalue weighted by Crippen LogP contribution is 2.42. The molecule has 1 N–H and O–H groups in total. The molecule has 2 aliphatic rings. The summed E-state index contributed by atoms with van der Waals surface area (Å²) in [6, 6.07) is 17.4. The van der Waals surface area contributed by atoms with Crippen LogP contribution in [-0.2, 0) is 12.8 Å². The summed E-state index contributed by atoms with van der Waals surface area (Å²) in [7, 11) is 0. The van der Waals surface area contributed by atoms with Gasteiger partial charge in [-0.25, -0.2) is 9.97 Å². The number of hydrogen-bond donors (Lipinski definition) is 1. The number of piperidine rings is 1. The van der Waals surface area contributed by atoms with Gasteiger partial charge >= 0.3 is 0 Å². The van der Waals surface area contributed by atoms with Crippen LogP contribution in [0.4, 0.5) is 5.82 Å². The van der Waals surface area contributed by atoms with Crippen molar-refractivity contribution in [3.63, 3.8) is 0 Å². The Morgan fingerprint density at radius 2 is 1.67 bits per heavy atom. The van der Waals surface area contributed by atoms with Gasteiger partial charge in [-0.1, -0.05) is 36.4 Å². The largest absolute Gasteiger partial charge is 0.355 e. The van der Waals surface area contributed by atoms with Gasteiger partial charge in [0.1, 0.15) is 12.1 Å². The van der Waals surface area contributed by atoms with Gasteiger partial charge in [0.05, 0.1) is 5.52 Å². The normalized spacial score (nSPS) is 18.6. The molecule has 4 heteroatoms. The second kappa shape index (κ2) is 6.93. The van der Waals surface area contributed by atoms with Crippen LogP contribution < -0.4 is 10.2 Å². The predicted molar refractivity (Wildman–Crippen MR) is 110 cm³/mol. The van der Waals surface area contributed by atoms with Gasteiger partial charge in [-0.05, 0) is 62.0 Å². The molecule has 2 fully saturated rings. The molecule has 2 saturated heterocycles. The highest BCUT2D eigenvalue weighted by molar-refractivity contribution is 5.90. The lowest BCUT2D eigenvalue weighted by molar-refractivity contribution is 0.149. The fourth-order valence-corrected chi connectivity index (χ4v) is 4.62. The third kappa shape index (κ3) is 3.30. The maximum Gasteiger partial charge on any atom is 0.139 e. The van der Waals surface area contributed by atoms with Crippen molar-refractivity contribution in [1.29, 1.82) is 0 Å². The number of aromatic nitrogens is 2. The number of hydrogen-bond acceptors (Lipinski definition) is 4. The molecule has 27 heavy (non-hydrogen) atoms. The molecule has 5 rings (SSSR count). The van der Waals surface area contributed by atoms with E-state index in [9.17, 15) is 0 Å². The van der Waals surface area contributed by atoms with Gasteiger partial charge < -0.3 is 10.2 Å². The number of nitrogens with zero attached hydrogens (tertiary/aromatic N) is 3. The molecule has 2 aliphatic heterocycles. The zero-order valence-electron chi connectivity index (χ0n) is 15.7. The van der Waals surface area contributed by atoms with Crippen molar-refractivity contribution in [2.45, 2.75) is 25.7 Å². The molecule has 138 valence electrons. The Bertz CT molecular complexity index is 924. The zero-order chi connectivity index (χ0) is 18.1. The summed E-state index contributed by atoms with van der Waals surface area (Å²) in [5.74, 6) is 1.12. The highest BCUT2D eigenvalue weighted by Gasteiger charge is 2.44. The summed E-state index contributed by atoms with van der Waals surface area (Å²) in [5, 5.41) is 4.68. The van der Waals surface area contributed by atoms with E-state index < -0.39 is 0 Å². The highest BCUT2D eigenvalue weighted by atomic mass is 15.3. The summed E-state index contributed by atoms with van der Waals surface area (Å²) >= 11 is 0. The van der Waals surface area contributed by atoms with Crippen LogP contribution in [0.2, 0.25) is 0 Å². The van der Waals surface area contributed by atoms with Crippen LogP contribution in [0.1, 0.15) is 24.0 Å². The first kappa shape index (κ1) is 16.7. The van der Waals surface area contributed by atoms with Gasteiger partial charge in [0, 0.05) is 23.9 Å². The van der Waals surface area contributed by atoms with E-state index in [1.54, 1.807) is 6.33 Å². The minimum Gasteiger partial charge on any atom is -0.355 e. The summed E-state index contributed by atoms with van der Waals surface area (Å²) < 4.78 is 0.